The van der Waals surface area contributed by atoms with Crippen molar-refractivity contribution in [3.8, 4) is 0 Å². The van der Waals surface area contributed by atoms with Crippen molar-refractivity contribution in [2.24, 2.45) is 0 Å². The van der Waals surface area contributed by atoms with Crippen LogP contribution >= 0.6 is 0 Å². The van der Waals surface area contributed by atoms with Crippen LogP contribution in [0.4, 0.5) is 0 Å². The average molecular weight is 573 g/mol. The number of ether oxygens (including phenoxy) is 9. The molecule has 1 N–H and O–H groups in total. The zero-order valence-corrected chi connectivity index (χ0v) is 25.7. The summed E-state index contributed by atoms with van der Waals surface area (Å²) in [4.78, 5) is 0. The highest BCUT2D eigenvalue weighted by atomic mass is 28.4. The van der Waals surface area contributed by atoms with E-state index in [1.54, 1.807) is 0 Å². The number of aliphatic hydroxyl groups is 1. The molecule has 0 aromatic carbocycles. The Morgan fingerprint density at radius 3 is 0.816 bits per heavy atom. The van der Waals surface area contributed by atoms with Gasteiger partial charge in [0, 0.05) is 0 Å². The zero-order chi connectivity index (χ0) is 28.2. The summed E-state index contributed by atoms with van der Waals surface area (Å²) >= 11 is 0. The molecule has 0 rings (SSSR count). The summed E-state index contributed by atoms with van der Waals surface area (Å²) < 4.78 is 54.8. The molecular weight excluding hydrogens is 516 g/mol. The van der Waals surface area contributed by atoms with Gasteiger partial charge in [0.15, 0.2) is 8.32 Å². The minimum Gasteiger partial charge on any atom is -0.414 e. The quantitative estimate of drug-likeness (QED) is 0.101. The van der Waals surface area contributed by atoms with Crippen molar-refractivity contribution in [1.82, 2.24) is 0 Å². The van der Waals surface area contributed by atoms with Crippen molar-refractivity contribution in [3.63, 3.8) is 0 Å². The molecule has 11 nitrogen and oxygen atoms in total. The second-order valence-corrected chi connectivity index (χ2v) is 14.7. The van der Waals surface area contributed by atoms with Crippen molar-refractivity contribution >= 4 is 8.32 Å². The number of rotatable bonds is 30. The first kappa shape index (κ1) is 37.8. The largest absolute Gasteiger partial charge is 0.414 e. The Bertz CT molecular complexity index is 479. The minimum atomic E-state index is -1.69. The molecule has 0 saturated carbocycles. The van der Waals surface area contributed by atoms with Gasteiger partial charge in [-0.2, -0.15) is 0 Å². The molecule has 0 amide bonds. The van der Waals surface area contributed by atoms with Crippen LogP contribution in [0.2, 0.25) is 18.1 Å². The van der Waals surface area contributed by atoms with Gasteiger partial charge >= 0.3 is 0 Å². The van der Waals surface area contributed by atoms with Gasteiger partial charge < -0.3 is 52.2 Å². The maximum absolute atomic E-state index is 8.56. The van der Waals surface area contributed by atoms with Crippen molar-refractivity contribution in [2.45, 2.75) is 38.9 Å². The van der Waals surface area contributed by atoms with Crippen LogP contribution in [-0.2, 0) is 47.1 Å². The van der Waals surface area contributed by atoms with Gasteiger partial charge in [-0.05, 0) is 18.1 Å². The van der Waals surface area contributed by atoms with E-state index in [-0.39, 0.29) is 11.6 Å². The van der Waals surface area contributed by atoms with Gasteiger partial charge in [-0.1, -0.05) is 20.8 Å². The predicted molar refractivity (Wildman–Crippen MR) is 148 cm³/mol. The minimum absolute atomic E-state index is 0.0293. The smallest absolute Gasteiger partial charge is 0.192 e. The summed E-state index contributed by atoms with van der Waals surface area (Å²) in [5, 5.41) is 8.78. The van der Waals surface area contributed by atoms with Crippen LogP contribution in [0.3, 0.4) is 0 Å². The topological polar surface area (TPSA) is 113 Å². The van der Waals surface area contributed by atoms with Gasteiger partial charge in [-0.25, -0.2) is 0 Å². The number of hydrogen-bond donors (Lipinski definition) is 1. The highest BCUT2D eigenvalue weighted by Gasteiger charge is 2.36. The summed E-state index contributed by atoms with van der Waals surface area (Å²) in [6.07, 6.45) is 0. The SMILES string of the molecule is CC(C)(C)[Si](C)(C)OCCOCCOCCOCCOCCOCCOCCOCCOCCOCCO. The number of hydrogen-bond acceptors (Lipinski definition) is 11. The Morgan fingerprint density at radius 2 is 0.605 bits per heavy atom. The lowest BCUT2D eigenvalue weighted by molar-refractivity contribution is -0.0259. The predicted octanol–water partition coefficient (Wildman–Crippen LogP) is 2.15. The van der Waals surface area contributed by atoms with Gasteiger partial charge in [0.05, 0.1) is 132 Å². The Morgan fingerprint density at radius 1 is 0.395 bits per heavy atom. The van der Waals surface area contributed by atoms with E-state index in [0.717, 1.165) is 0 Å². The molecule has 0 saturated heterocycles. The molecule has 0 atom stereocenters. The van der Waals surface area contributed by atoms with Crippen molar-refractivity contribution < 1.29 is 52.2 Å². The molecule has 230 valence electrons. The maximum Gasteiger partial charge on any atom is 0.192 e. The van der Waals surface area contributed by atoms with E-state index in [1.807, 2.05) is 0 Å². The van der Waals surface area contributed by atoms with E-state index < -0.39 is 8.32 Å². The molecule has 0 heterocycles. The molecule has 0 aromatic heterocycles. The lowest BCUT2D eigenvalue weighted by atomic mass is 10.2. The molecule has 0 aliphatic carbocycles. The van der Waals surface area contributed by atoms with Crippen LogP contribution in [0.1, 0.15) is 20.8 Å². The van der Waals surface area contributed by atoms with Gasteiger partial charge in [0.1, 0.15) is 0 Å². The van der Waals surface area contributed by atoms with Crippen LogP contribution < -0.4 is 0 Å². The van der Waals surface area contributed by atoms with E-state index in [9.17, 15) is 0 Å². The average Bonchev–Trinajstić information content (AvgIpc) is 2.87. The van der Waals surface area contributed by atoms with E-state index in [1.165, 1.54) is 0 Å². The second kappa shape index (κ2) is 27.0. The molecule has 0 aliphatic rings. The third kappa shape index (κ3) is 26.0. The number of aliphatic hydroxyl groups excluding tert-OH is 1. The Kier molecular flexibility index (Phi) is 26.8. The highest BCUT2D eigenvalue weighted by molar-refractivity contribution is 6.74. The highest BCUT2D eigenvalue weighted by Crippen LogP contribution is 2.36. The monoisotopic (exact) mass is 572 g/mol. The Balaban J connectivity index is 3.13. The Hall–Kier alpha value is -0.223. The van der Waals surface area contributed by atoms with E-state index in [0.29, 0.717) is 126 Å². The molecule has 0 unspecified atom stereocenters. The molecule has 0 fully saturated rings. The first-order valence-electron chi connectivity index (χ1n) is 13.8. The van der Waals surface area contributed by atoms with E-state index >= 15 is 0 Å². The lowest BCUT2D eigenvalue weighted by Gasteiger charge is -2.36. The second-order valence-electron chi connectivity index (χ2n) is 9.84. The van der Waals surface area contributed by atoms with Gasteiger partial charge in [0.2, 0.25) is 0 Å². The van der Waals surface area contributed by atoms with Crippen LogP contribution in [0.5, 0.6) is 0 Å². The normalized spacial score (nSPS) is 12.5. The van der Waals surface area contributed by atoms with Crippen LogP contribution in [0, 0.1) is 0 Å². The van der Waals surface area contributed by atoms with Crippen molar-refractivity contribution in [2.75, 3.05) is 132 Å². The standard InChI is InChI=1S/C26H56O11Si/c1-26(2,3)38(4,5)37-25-24-36-23-22-35-21-20-34-19-18-33-17-16-32-15-14-31-13-12-30-11-10-29-9-8-28-7-6-27/h27H,6-25H2,1-5H3. The fourth-order valence-corrected chi connectivity index (χ4v) is 3.52. The fourth-order valence-electron chi connectivity index (χ4n) is 2.50. The first-order valence-corrected chi connectivity index (χ1v) is 16.7. The summed E-state index contributed by atoms with van der Waals surface area (Å²) in [5.74, 6) is 0. The molecule has 38 heavy (non-hydrogen) atoms. The molecule has 0 bridgehead atoms. The summed E-state index contributed by atoms with van der Waals surface area (Å²) in [6.45, 7) is 21.1. The van der Waals surface area contributed by atoms with E-state index in [4.69, 9.17) is 52.2 Å². The molecule has 12 heteroatoms. The van der Waals surface area contributed by atoms with Crippen molar-refractivity contribution in [1.29, 1.82) is 0 Å². The molecule has 0 spiro atoms. The molecular formula is C26H56O11Si. The van der Waals surface area contributed by atoms with Crippen LogP contribution in [-0.4, -0.2) is 146 Å². The lowest BCUT2D eigenvalue weighted by Crippen LogP contribution is -2.41. The van der Waals surface area contributed by atoms with Crippen molar-refractivity contribution in [3.05, 3.63) is 0 Å². The van der Waals surface area contributed by atoms with Gasteiger partial charge in [0.25, 0.3) is 0 Å². The first-order chi connectivity index (χ1) is 18.3. The Labute approximate surface area is 231 Å². The fraction of sp³-hybridized carbons (Fsp3) is 1.00. The summed E-state index contributed by atoms with van der Waals surface area (Å²) in [6, 6.07) is 0. The summed E-state index contributed by atoms with van der Waals surface area (Å²) in [7, 11) is -1.69. The van der Waals surface area contributed by atoms with Crippen LogP contribution in [0.25, 0.3) is 0 Å². The molecule has 0 aliphatic heterocycles. The van der Waals surface area contributed by atoms with Gasteiger partial charge in [-0.3, -0.25) is 0 Å². The summed E-state index contributed by atoms with van der Waals surface area (Å²) in [5.41, 5.74) is 0. The van der Waals surface area contributed by atoms with Gasteiger partial charge in [-0.15, -0.1) is 0 Å². The molecule has 0 radical (unpaired) electrons. The zero-order valence-electron chi connectivity index (χ0n) is 24.7. The molecule has 0 aromatic rings. The van der Waals surface area contributed by atoms with Crippen LogP contribution in [0.15, 0.2) is 0 Å². The third-order valence-corrected chi connectivity index (χ3v) is 10.2. The maximum atomic E-state index is 8.56. The van der Waals surface area contributed by atoms with E-state index in [2.05, 4.69) is 33.9 Å². The third-order valence-electron chi connectivity index (χ3n) is 5.71.